The normalized spacial score (nSPS) is 11.4. The molecule has 4 nitrogen and oxygen atoms in total. The van der Waals surface area contributed by atoms with Crippen LogP contribution in [0.2, 0.25) is 0 Å². The highest BCUT2D eigenvalue weighted by Gasteiger charge is 2.17. The van der Waals surface area contributed by atoms with E-state index >= 15 is 0 Å². The third-order valence-corrected chi connectivity index (χ3v) is 9.15. The fourth-order valence-corrected chi connectivity index (χ4v) is 6.49. The fourth-order valence-electron chi connectivity index (χ4n) is 6.49. The molecule has 0 radical (unpaired) electrons. The minimum atomic E-state index is 0.0708. The van der Waals surface area contributed by atoms with Crippen molar-refractivity contribution in [3.05, 3.63) is 169 Å². The van der Waals surface area contributed by atoms with E-state index < -0.39 is 0 Å². The number of Topliss-reactive ketones (excluding diaryl/α,β-unsaturated/α-hetero) is 2. The molecule has 0 aliphatic carbocycles. The second-order valence-corrected chi connectivity index (χ2v) is 12.3. The Labute approximate surface area is 272 Å². The van der Waals surface area contributed by atoms with E-state index in [2.05, 4.69) is 66.9 Å². The lowest BCUT2D eigenvalue weighted by atomic mass is 9.97. The third kappa shape index (κ3) is 5.66. The van der Waals surface area contributed by atoms with Crippen molar-refractivity contribution in [3.8, 4) is 11.1 Å². The molecular formula is C43H32N2O2+2. The van der Waals surface area contributed by atoms with Gasteiger partial charge in [-0.2, -0.15) is 9.13 Å². The van der Waals surface area contributed by atoms with Gasteiger partial charge in [0.05, 0.1) is 0 Å². The molecule has 0 N–H and O–H groups in total. The first kappa shape index (κ1) is 28.5. The van der Waals surface area contributed by atoms with Gasteiger partial charge in [0, 0.05) is 41.0 Å². The topological polar surface area (TPSA) is 41.9 Å². The van der Waals surface area contributed by atoms with E-state index in [1.165, 1.54) is 0 Å². The Morgan fingerprint density at radius 3 is 1.74 bits per heavy atom. The summed E-state index contributed by atoms with van der Waals surface area (Å²) < 4.78 is 3.99. The smallest absolute Gasteiger partial charge is 0.227 e. The van der Waals surface area contributed by atoms with Crippen molar-refractivity contribution in [2.45, 2.75) is 20.0 Å². The molecule has 47 heavy (non-hydrogen) atoms. The van der Waals surface area contributed by atoms with E-state index in [0.29, 0.717) is 11.1 Å². The van der Waals surface area contributed by atoms with Crippen molar-refractivity contribution in [3.63, 3.8) is 0 Å². The van der Waals surface area contributed by atoms with Crippen LogP contribution in [0.15, 0.2) is 152 Å². The predicted octanol–water partition coefficient (Wildman–Crippen LogP) is 8.62. The lowest BCUT2D eigenvalue weighted by molar-refractivity contribution is -0.687. The van der Waals surface area contributed by atoms with Crippen LogP contribution in [-0.2, 0) is 13.1 Å². The van der Waals surface area contributed by atoms with Gasteiger partial charge in [-0.15, -0.1) is 0 Å². The molecule has 8 aromatic rings. The maximum Gasteiger partial charge on any atom is 0.227 e. The van der Waals surface area contributed by atoms with Crippen LogP contribution in [0.4, 0.5) is 0 Å². The largest absolute Gasteiger partial charge is 0.287 e. The van der Waals surface area contributed by atoms with Gasteiger partial charge < -0.3 is 0 Å². The van der Waals surface area contributed by atoms with Crippen molar-refractivity contribution < 1.29 is 18.7 Å². The number of pyridine rings is 2. The quantitative estimate of drug-likeness (QED) is 0.134. The van der Waals surface area contributed by atoms with Gasteiger partial charge in [-0.25, -0.2) is 0 Å². The summed E-state index contributed by atoms with van der Waals surface area (Å²) in [7, 11) is 0. The number of rotatable bonds is 7. The van der Waals surface area contributed by atoms with E-state index in [1.807, 2.05) is 101 Å². The molecular weight excluding hydrogens is 576 g/mol. The maximum atomic E-state index is 13.3. The minimum Gasteiger partial charge on any atom is -0.287 e. The molecule has 2 heterocycles. The molecule has 0 atom stereocenters. The highest BCUT2D eigenvalue weighted by atomic mass is 16.1. The van der Waals surface area contributed by atoms with Gasteiger partial charge in [-0.1, -0.05) is 91.0 Å². The molecule has 0 bridgehead atoms. The average Bonchev–Trinajstić information content (AvgIpc) is 3.11. The van der Waals surface area contributed by atoms with Crippen LogP contribution in [0.1, 0.15) is 26.4 Å². The number of fused-ring (bicyclic) bond motifs is 4. The number of aromatic nitrogens is 2. The monoisotopic (exact) mass is 608 g/mol. The second kappa shape index (κ2) is 11.7. The summed E-state index contributed by atoms with van der Waals surface area (Å²) in [6.45, 7) is 2.60. The standard InChI is InChI=1S/C43H32N2O2/c1-29-20-34-14-15-36(23-41(34)26-45(29)28-43(47)37-16-11-30-6-2-4-8-33(30)21-37)35-13-10-32-12-17-38(24-40(32)22-35)42(46)27-44-19-18-31-7-3-5-9-39(31)25-44/h2-26H,27-28H2,1H3/q+2. The number of carbonyl (C=O) groups is 2. The Bertz CT molecular complexity index is 2530. The highest BCUT2D eigenvalue weighted by Crippen LogP contribution is 2.28. The molecule has 0 spiro atoms. The molecule has 0 aliphatic heterocycles. The SMILES string of the molecule is Cc1cc2ccc(-c3ccc4ccc(C(=O)C[n+]5ccc6ccccc6c5)cc4c3)cc2c[n+]1CC(=O)c1ccc2ccccc2c1. The van der Waals surface area contributed by atoms with Crippen LogP contribution in [0, 0.1) is 6.92 Å². The van der Waals surface area contributed by atoms with Crippen LogP contribution in [0.5, 0.6) is 0 Å². The van der Waals surface area contributed by atoms with Gasteiger partial charge in [0.1, 0.15) is 0 Å². The minimum absolute atomic E-state index is 0.0708. The molecule has 0 saturated carbocycles. The lowest BCUT2D eigenvalue weighted by Gasteiger charge is -2.08. The van der Waals surface area contributed by atoms with E-state index in [1.54, 1.807) is 0 Å². The van der Waals surface area contributed by atoms with Crippen molar-refractivity contribution in [1.82, 2.24) is 0 Å². The number of carbonyl (C=O) groups excluding carboxylic acids is 2. The zero-order valence-corrected chi connectivity index (χ0v) is 26.1. The Morgan fingerprint density at radius 1 is 0.468 bits per heavy atom. The van der Waals surface area contributed by atoms with E-state index in [9.17, 15) is 9.59 Å². The molecule has 0 unspecified atom stereocenters. The molecule has 6 aromatic carbocycles. The second-order valence-electron chi connectivity index (χ2n) is 12.3. The van der Waals surface area contributed by atoms with Gasteiger partial charge in [0.25, 0.3) is 0 Å². The summed E-state index contributed by atoms with van der Waals surface area (Å²) in [4.78, 5) is 26.7. The number of nitrogens with zero attached hydrogens (tertiary/aromatic N) is 2. The molecule has 0 fully saturated rings. The summed E-state index contributed by atoms with van der Waals surface area (Å²) in [6.07, 6.45) is 6.07. The molecule has 0 saturated heterocycles. The van der Waals surface area contributed by atoms with Crippen LogP contribution in [0.3, 0.4) is 0 Å². The summed E-state index contributed by atoms with van der Waals surface area (Å²) in [5.41, 5.74) is 4.60. The molecule has 0 aliphatic rings. The van der Waals surface area contributed by atoms with Gasteiger partial charge in [0.2, 0.25) is 24.7 Å². The van der Waals surface area contributed by atoms with Crippen molar-refractivity contribution >= 4 is 54.7 Å². The van der Waals surface area contributed by atoms with Crippen molar-refractivity contribution in [1.29, 1.82) is 0 Å². The number of ketones is 2. The van der Waals surface area contributed by atoms with Gasteiger partial charge in [-0.05, 0) is 73.8 Å². The molecule has 2 aromatic heterocycles. The molecule has 4 heteroatoms. The first-order chi connectivity index (χ1) is 23.0. The number of hydrogen-bond donors (Lipinski definition) is 0. The zero-order valence-electron chi connectivity index (χ0n) is 26.1. The summed E-state index contributed by atoms with van der Waals surface area (Å²) in [5, 5.41) is 8.76. The molecule has 8 rings (SSSR count). The maximum absolute atomic E-state index is 13.3. The number of benzene rings is 6. The summed E-state index contributed by atoms with van der Waals surface area (Å²) in [6, 6.07) is 45.2. The van der Waals surface area contributed by atoms with Crippen LogP contribution < -0.4 is 9.13 Å². The summed E-state index contributed by atoms with van der Waals surface area (Å²) in [5.74, 6) is 0.153. The fraction of sp³-hybridized carbons (Fsp3) is 0.0698. The molecule has 224 valence electrons. The lowest BCUT2D eigenvalue weighted by Crippen LogP contribution is -2.40. The van der Waals surface area contributed by atoms with Gasteiger partial charge in [-0.3, -0.25) is 9.59 Å². The Hall–Kier alpha value is -6.00. The van der Waals surface area contributed by atoms with Crippen molar-refractivity contribution in [2.75, 3.05) is 0 Å². The van der Waals surface area contributed by atoms with Crippen LogP contribution >= 0.6 is 0 Å². The first-order valence-electron chi connectivity index (χ1n) is 15.9. The Kier molecular flexibility index (Phi) is 7.11. The highest BCUT2D eigenvalue weighted by molar-refractivity contribution is 6.01. The predicted molar refractivity (Wildman–Crippen MR) is 189 cm³/mol. The first-order valence-corrected chi connectivity index (χ1v) is 15.9. The zero-order chi connectivity index (χ0) is 31.9. The third-order valence-electron chi connectivity index (χ3n) is 9.15. The van der Waals surface area contributed by atoms with Crippen LogP contribution in [0.25, 0.3) is 54.2 Å². The van der Waals surface area contributed by atoms with Gasteiger partial charge >= 0.3 is 0 Å². The van der Waals surface area contributed by atoms with Gasteiger partial charge in [0.15, 0.2) is 24.3 Å². The number of aryl methyl sites for hydroxylation is 1. The average molecular weight is 609 g/mol. The van der Waals surface area contributed by atoms with E-state index in [-0.39, 0.29) is 24.7 Å². The molecule has 0 amide bonds. The van der Waals surface area contributed by atoms with Crippen molar-refractivity contribution in [2.24, 2.45) is 0 Å². The Balaban J connectivity index is 1.06. The number of hydrogen-bond acceptors (Lipinski definition) is 2. The van der Waals surface area contributed by atoms with Crippen LogP contribution in [-0.4, -0.2) is 11.6 Å². The van der Waals surface area contributed by atoms with E-state index in [4.69, 9.17) is 0 Å². The van der Waals surface area contributed by atoms with E-state index in [0.717, 1.165) is 59.9 Å². The summed E-state index contributed by atoms with van der Waals surface area (Å²) >= 11 is 0. The Morgan fingerprint density at radius 2 is 1.00 bits per heavy atom.